The predicted molar refractivity (Wildman–Crippen MR) is 94.1 cm³/mol. The fraction of sp³-hybridized carbons (Fsp3) is 0.368. The maximum absolute atomic E-state index is 4.44. The van der Waals surface area contributed by atoms with Crippen molar-refractivity contribution in [2.24, 2.45) is 0 Å². The summed E-state index contributed by atoms with van der Waals surface area (Å²) in [6.45, 7) is 0. The van der Waals surface area contributed by atoms with Gasteiger partial charge in [-0.2, -0.15) is 0 Å². The van der Waals surface area contributed by atoms with Gasteiger partial charge in [0.1, 0.15) is 17.8 Å². The maximum atomic E-state index is 4.44. The third kappa shape index (κ3) is 2.93. The number of rotatable bonds is 3. The molecule has 0 spiro atoms. The second-order valence-electron chi connectivity index (χ2n) is 6.36. The van der Waals surface area contributed by atoms with Gasteiger partial charge in [-0.25, -0.2) is 9.97 Å². The zero-order chi connectivity index (χ0) is 15.5. The number of para-hydroxylation sites is 1. The summed E-state index contributed by atoms with van der Waals surface area (Å²) in [5.74, 6) is 1.53. The van der Waals surface area contributed by atoms with Gasteiger partial charge in [0.25, 0.3) is 0 Å². The van der Waals surface area contributed by atoms with E-state index in [1.165, 1.54) is 49.8 Å². The van der Waals surface area contributed by atoms with Crippen LogP contribution in [0.5, 0.6) is 0 Å². The van der Waals surface area contributed by atoms with Crippen LogP contribution in [0.2, 0.25) is 0 Å². The molecule has 0 aliphatic heterocycles. The van der Waals surface area contributed by atoms with E-state index in [0.717, 1.165) is 16.9 Å². The first-order chi connectivity index (χ1) is 11.4. The first kappa shape index (κ1) is 14.2. The van der Waals surface area contributed by atoms with E-state index in [1.54, 1.807) is 6.33 Å². The summed E-state index contributed by atoms with van der Waals surface area (Å²) in [7, 11) is 0. The molecule has 2 aromatic heterocycles. The van der Waals surface area contributed by atoms with Crippen molar-refractivity contribution in [3.63, 3.8) is 0 Å². The van der Waals surface area contributed by atoms with Crippen molar-refractivity contribution in [3.8, 4) is 0 Å². The van der Waals surface area contributed by atoms with E-state index in [-0.39, 0.29) is 0 Å². The van der Waals surface area contributed by atoms with Crippen LogP contribution in [0.3, 0.4) is 0 Å². The Morgan fingerprint density at radius 3 is 2.65 bits per heavy atom. The molecule has 2 N–H and O–H groups in total. The van der Waals surface area contributed by atoms with Gasteiger partial charge in [-0.15, -0.1) is 0 Å². The Kier molecular flexibility index (Phi) is 3.97. The Morgan fingerprint density at radius 1 is 0.957 bits per heavy atom. The topological polar surface area (TPSA) is 53.6 Å². The van der Waals surface area contributed by atoms with Gasteiger partial charge >= 0.3 is 0 Å². The van der Waals surface area contributed by atoms with Crippen molar-refractivity contribution in [2.75, 3.05) is 5.32 Å². The highest BCUT2D eigenvalue weighted by atomic mass is 15.0. The van der Waals surface area contributed by atoms with E-state index in [0.29, 0.717) is 5.92 Å². The molecule has 118 valence electrons. The molecule has 1 aliphatic carbocycles. The Bertz CT molecular complexity index is 785. The number of nitrogens with zero attached hydrogens (tertiary/aromatic N) is 2. The van der Waals surface area contributed by atoms with Gasteiger partial charge in [0.15, 0.2) is 0 Å². The number of aromatic amines is 1. The molecule has 0 bridgehead atoms. The van der Waals surface area contributed by atoms with Gasteiger partial charge < -0.3 is 10.3 Å². The third-order valence-electron chi connectivity index (χ3n) is 4.86. The summed E-state index contributed by atoms with van der Waals surface area (Å²) >= 11 is 0. The molecule has 4 nitrogen and oxygen atoms in total. The Balaban J connectivity index is 1.68. The van der Waals surface area contributed by atoms with Crippen LogP contribution in [0, 0.1) is 0 Å². The second-order valence-corrected chi connectivity index (χ2v) is 6.36. The van der Waals surface area contributed by atoms with Crippen LogP contribution in [0.25, 0.3) is 11.0 Å². The molecule has 4 rings (SSSR count). The monoisotopic (exact) mass is 306 g/mol. The Morgan fingerprint density at radius 2 is 1.78 bits per heavy atom. The summed E-state index contributed by atoms with van der Waals surface area (Å²) in [6, 6.07) is 10.7. The average Bonchev–Trinajstić information content (AvgIpc) is 2.91. The number of benzene rings is 1. The summed E-state index contributed by atoms with van der Waals surface area (Å²) < 4.78 is 0. The fourth-order valence-corrected chi connectivity index (χ4v) is 3.66. The standard InChI is InChI=1S/C19H22N4/c1-2-4-8-14(7-3-1)15-9-5-6-10-17(15)23-19-16-11-12-20-18(16)21-13-22-19/h5-6,9-14H,1-4,7-8H2,(H2,20,21,22,23). The zero-order valence-corrected chi connectivity index (χ0v) is 13.3. The average molecular weight is 306 g/mol. The number of hydrogen-bond donors (Lipinski definition) is 2. The molecule has 0 unspecified atom stereocenters. The minimum Gasteiger partial charge on any atom is -0.346 e. The van der Waals surface area contributed by atoms with E-state index in [2.05, 4.69) is 44.5 Å². The lowest BCUT2D eigenvalue weighted by Gasteiger charge is -2.19. The molecule has 23 heavy (non-hydrogen) atoms. The molecule has 3 aromatic rings. The van der Waals surface area contributed by atoms with E-state index < -0.39 is 0 Å². The fourth-order valence-electron chi connectivity index (χ4n) is 3.66. The predicted octanol–water partition coefficient (Wildman–Crippen LogP) is 5.14. The van der Waals surface area contributed by atoms with E-state index in [9.17, 15) is 0 Å². The van der Waals surface area contributed by atoms with Gasteiger partial charge in [-0.1, -0.05) is 43.9 Å². The number of nitrogens with one attached hydrogen (secondary N) is 2. The molecule has 0 radical (unpaired) electrons. The van der Waals surface area contributed by atoms with Crippen LogP contribution in [0.1, 0.15) is 50.0 Å². The summed E-state index contributed by atoms with van der Waals surface area (Å²) in [5.41, 5.74) is 3.48. The van der Waals surface area contributed by atoms with Crippen molar-refractivity contribution in [3.05, 3.63) is 48.4 Å². The number of H-pyrrole nitrogens is 1. The molecule has 1 fully saturated rings. The smallest absolute Gasteiger partial charge is 0.143 e. The first-order valence-electron chi connectivity index (χ1n) is 8.56. The van der Waals surface area contributed by atoms with Crippen LogP contribution in [0.15, 0.2) is 42.9 Å². The molecule has 1 aliphatic rings. The zero-order valence-electron chi connectivity index (χ0n) is 13.3. The van der Waals surface area contributed by atoms with Crippen molar-refractivity contribution in [1.29, 1.82) is 0 Å². The lowest BCUT2D eigenvalue weighted by atomic mass is 9.90. The molecule has 4 heteroatoms. The number of hydrogen-bond acceptors (Lipinski definition) is 3. The van der Waals surface area contributed by atoms with Gasteiger partial charge in [-0.3, -0.25) is 0 Å². The minimum atomic E-state index is 0.657. The SMILES string of the molecule is c1ccc(C2CCCCCC2)c(Nc2ncnc3[nH]ccc23)c1. The van der Waals surface area contributed by atoms with Gasteiger partial charge in [0.2, 0.25) is 0 Å². The van der Waals surface area contributed by atoms with E-state index in [4.69, 9.17) is 0 Å². The lowest BCUT2D eigenvalue weighted by molar-refractivity contribution is 0.594. The van der Waals surface area contributed by atoms with Gasteiger partial charge in [-0.05, 0) is 36.5 Å². The number of fused-ring (bicyclic) bond motifs is 1. The highest BCUT2D eigenvalue weighted by Gasteiger charge is 2.18. The lowest BCUT2D eigenvalue weighted by Crippen LogP contribution is -2.03. The summed E-state index contributed by atoms with van der Waals surface area (Å²) in [5, 5.41) is 4.58. The summed E-state index contributed by atoms with van der Waals surface area (Å²) in [4.78, 5) is 11.8. The maximum Gasteiger partial charge on any atom is 0.143 e. The number of aromatic nitrogens is 3. The molecule has 1 aromatic carbocycles. The number of anilines is 2. The molecule has 0 atom stereocenters. The van der Waals surface area contributed by atoms with Crippen LogP contribution in [-0.2, 0) is 0 Å². The quantitative estimate of drug-likeness (QED) is 0.659. The molecular formula is C19H22N4. The van der Waals surface area contributed by atoms with Crippen LogP contribution in [-0.4, -0.2) is 15.0 Å². The van der Waals surface area contributed by atoms with E-state index >= 15 is 0 Å². The van der Waals surface area contributed by atoms with Gasteiger partial charge in [0.05, 0.1) is 5.39 Å². The van der Waals surface area contributed by atoms with E-state index in [1.807, 2.05) is 12.3 Å². The largest absolute Gasteiger partial charge is 0.346 e. The van der Waals surface area contributed by atoms with Crippen molar-refractivity contribution in [1.82, 2.24) is 15.0 Å². The van der Waals surface area contributed by atoms with Crippen molar-refractivity contribution >= 4 is 22.5 Å². The summed E-state index contributed by atoms with van der Waals surface area (Å²) in [6.07, 6.45) is 11.5. The molecular weight excluding hydrogens is 284 g/mol. The highest BCUT2D eigenvalue weighted by Crippen LogP contribution is 2.36. The third-order valence-corrected chi connectivity index (χ3v) is 4.86. The molecule has 0 amide bonds. The second kappa shape index (κ2) is 6.41. The van der Waals surface area contributed by atoms with Gasteiger partial charge in [0, 0.05) is 11.9 Å². The highest BCUT2D eigenvalue weighted by molar-refractivity contribution is 5.89. The Labute approximate surface area is 136 Å². The molecule has 0 saturated heterocycles. The minimum absolute atomic E-state index is 0.657. The van der Waals surface area contributed by atoms with Crippen LogP contribution in [0.4, 0.5) is 11.5 Å². The normalized spacial score (nSPS) is 16.3. The van der Waals surface area contributed by atoms with Crippen molar-refractivity contribution < 1.29 is 0 Å². The molecule has 1 saturated carbocycles. The van der Waals surface area contributed by atoms with Crippen LogP contribution >= 0.6 is 0 Å². The first-order valence-corrected chi connectivity index (χ1v) is 8.56. The van der Waals surface area contributed by atoms with Crippen LogP contribution < -0.4 is 5.32 Å². The molecule has 2 heterocycles. The van der Waals surface area contributed by atoms with Crippen molar-refractivity contribution in [2.45, 2.75) is 44.4 Å². The Hall–Kier alpha value is -2.36.